The second-order valence-corrected chi connectivity index (χ2v) is 6.80. The maximum absolute atomic E-state index is 14.0. The van der Waals surface area contributed by atoms with Crippen LogP contribution in [-0.2, 0) is 14.3 Å². The van der Waals surface area contributed by atoms with Gasteiger partial charge in [0.2, 0.25) is 11.8 Å². The Morgan fingerprint density at radius 1 is 1.20 bits per heavy atom. The van der Waals surface area contributed by atoms with E-state index in [0.717, 1.165) is 11.0 Å². The lowest BCUT2D eigenvalue weighted by atomic mass is 10.1. The van der Waals surface area contributed by atoms with E-state index in [9.17, 15) is 23.2 Å². The molecule has 3 amide bonds. The van der Waals surface area contributed by atoms with Crippen LogP contribution in [0, 0.1) is 17.6 Å². The molecule has 0 saturated carbocycles. The Labute approximate surface area is 172 Å². The van der Waals surface area contributed by atoms with Crippen LogP contribution in [0.1, 0.15) is 13.3 Å². The fraction of sp³-hybridized carbons (Fsp3) is 0.286. The van der Waals surface area contributed by atoms with Crippen molar-refractivity contribution in [3.63, 3.8) is 0 Å². The zero-order valence-corrected chi connectivity index (χ0v) is 16.5. The van der Waals surface area contributed by atoms with E-state index in [2.05, 4.69) is 5.32 Å². The summed E-state index contributed by atoms with van der Waals surface area (Å²) < 4.78 is 32.0. The number of carbonyl (C=O) groups is 3. The van der Waals surface area contributed by atoms with Crippen molar-refractivity contribution >= 4 is 35.0 Å². The average Bonchev–Trinajstić information content (AvgIpc) is 3.10. The van der Waals surface area contributed by atoms with Gasteiger partial charge in [0.25, 0.3) is 0 Å². The Balaban J connectivity index is 1.64. The molecule has 0 bridgehead atoms. The number of rotatable bonds is 5. The summed E-state index contributed by atoms with van der Waals surface area (Å²) in [7, 11) is 1.57. The molecule has 1 unspecified atom stereocenters. The van der Waals surface area contributed by atoms with Crippen LogP contribution in [0.15, 0.2) is 42.5 Å². The molecule has 3 rings (SSSR count). The molecule has 1 aliphatic heterocycles. The molecule has 1 fully saturated rings. The summed E-state index contributed by atoms with van der Waals surface area (Å²) in [6.07, 6.45) is -0.571. The van der Waals surface area contributed by atoms with Crippen molar-refractivity contribution in [1.82, 2.24) is 0 Å². The standard InChI is InChI=1S/C21H21F2N3O4/c1-3-30-21(29)25(2)16-7-5-15(6-8-16)24-20(28)13-10-19(27)26(12-13)18-9-4-14(22)11-17(18)23/h4-9,11,13H,3,10,12H2,1-2H3,(H,24,28). The smallest absolute Gasteiger partial charge is 0.413 e. The van der Waals surface area contributed by atoms with Gasteiger partial charge in [-0.2, -0.15) is 0 Å². The first-order chi connectivity index (χ1) is 14.3. The van der Waals surface area contributed by atoms with Crippen molar-refractivity contribution < 1.29 is 27.9 Å². The van der Waals surface area contributed by atoms with E-state index in [-0.39, 0.29) is 31.2 Å². The van der Waals surface area contributed by atoms with Crippen LogP contribution in [0.25, 0.3) is 0 Å². The van der Waals surface area contributed by atoms with E-state index < -0.39 is 29.6 Å². The first-order valence-electron chi connectivity index (χ1n) is 9.37. The minimum atomic E-state index is -0.856. The van der Waals surface area contributed by atoms with Crippen LogP contribution < -0.4 is 15.1 Å². The molecule has 1 heterocycles. The largest absolute Gasteiger partial charge is 0.449 e. The normalized spacial score (nSPS) is 15.8. The molecule has 1 aliphatic rings. The number of amides is 3. The van der Waals surface area contributed by atoms with Crippen LogP contribution >= 0.6 is 0 Å². The molecule has 1 saturated heterocycles. The van der Waals surface area contributed by atoms with Crippen molar-refractivity contribution in [3.05, 3.63) is 54.1 Å². The summed E-state index contributed by atoms with van der Waals surface area (Å²) >= 11 is 0. The summed E-state index contributed by atoms with van der Waals surface area (Å²) in [5.41, 5.74) is 1.02. The third kappa shape index (κ3) is 4.56. The van der Waals surface area contributed by atoms with Crippen LogP contribution in [-0.4, -0.2) is 38.1 Å². The molecule has 2 aromatic rings. The van der Waals surface area contributed by atoms with Gasteiger partial charge in [-0.25, -0.2) is 13.6 Å². The van der Waals surface area contributed by atoms with Crippen molar-refractivity contribution in [2.45, 2.75) is 13.3 Å². The predicted octanol–water partition coefficient (Wildman–Crippen LogP) is 3.55. The second kappa shape index (κ2) is 8.89. The van der Waals surface area contributed by atoms with Gasteiger partial charge in [-0.15, -0.1) is 0 Å². The summed E-state index contributed by atoms with van der Waals surface area (Å²) in [5, 5.41) is 2.71. The summed E-state index contributed by atoms with van der Waals surface area (Å²) in [5.74, 6) is -3.07. The number of ether oxygens (including phenoxy) is 1. The Bertz CT molecular complexity index is 965. The van der Waals surface area contributed by atoms with Crippen molar-refractivity contribution in [1.29, 1.82) is 0 Å². The predicted molar refractivity (Wildman–Crippen MR) is 107 cm³/mol. The Hall–Kier alpha value is -3.49. The quantitative estimate of drug-likeness (QED) is 0.807. The van der Waals surface area contributed by atoms with E-state index in [1.54, 1.807) is 38.2 Å². The molecule has 0 aliphatic carbocycles. The Morgan fingerprint density at radius 2 is 1.90 bits per heavy atom. The molecule has 0 spiro atoms. The zero-order valence-electron chi connectivity index (χ0n) is 16.5. The fourth-order valence-electron chi connectivity index (χ4n) is 3.15. The monoisotopic (exact) mass is 417 g/mol. The highest BCUT2D eigenvalue weighted by Gasteiger charge is 2.36. The summed E-state index contributed by atoms with van der Waals surface area (Å²) in [6.45, 7) is 1.97. The molecule has 9 heteroatoms. The second-order valence-electron chi connectivity index (χ2n) is 6.80. The fourth-order valence-corrected chi connectivity index (χ4v) is 3.15. The van der Waals surface area contributed by atoms with Crippen LogP contribution in [0.3, 0.4) is 0 Å². The lowest BCUT2D eigenvalue weighted by Gasteiger charge is -2.18. The number of carbonyl (C=O) groups excluding carboxylic acids is 3. The van der Waals surface area contributed by atoms with E-state index in [1.807, 2.05) is 0 Å². The third-order valence-electron chi connectivity index (χ3n) is 4.76. The molecule has 1 atom stereocenters. The SMILES string of the molecule is CCOC(=O)N(C)c1ccc(NC(=O)C2CC(=O)N(c3ccc(F)cc3F)C2)cc1. The van der Waals surface area contributed by atoms with Gasteiger partial charge in [0.15, 0.2) is 0 Å². The summed E-state index contributed by atoms with van der Waals surface area (Å²) in [4.78, 5) is 39.0. The number of nitrogens with zero attached hydrogens (tertiary/aromatic N) is 2. The highest BCUT2D eigenvalue weighted by molar-refractivity contribution is 6.03. The molecule has 0 radical (unpaired) electrons. The zero-order chi connectivity index (χ0) is 21.8. The number of hydrogen-bond donors (Lipinski definition) is 1. The van der Waals surface area contributed by atoms with Crippen LogP contribution in [0.5, 0.6) is 0 Å². The Kier molecular flexibility index (Phi) is 6.29. The van der Waals surface area contributed by atoms with Crippen LogP contribution in [0.4, 0.5) is 30.6 Å². The van der Waals surface area contributed by atoms with Gasteiger partial charge < -0.3 is 15.0 Å². The van der Waals surface area contributed by atoms with E-state index >= 15 is 0 Å². The number of nitrogens with one attached hydrogen (secondary N) is 1. The molecular weight excluding hydrogens is 396 g/mol. The van der Waals surface area contributed by atoms with Crippen molar-refractivity contribution in [2.24, 2.45) is 5.92 Å². The molecule has 2 aromatic carbocycles. The number of anilines is 3. The molecular formula is C21H21F2N3O4. The van der Waals surface area contributed by atoms with Gasteiger partial charge in [0.05, 0.1) is 18.2 Å². The summed E-state index contributed by atoms with van der Waals surface area (Å²) in [6, 6.07) is 9.48. The first kappa shape index (κ1) is 21.2. The Morgan fingerprint density at radius 3 is 2.53 bits per heavy atom. The van der Waals surface area contributed by atoms with E-state index in [0.29, 0.717) is 17.4 Å². The molecule has 7 nitrogen and oxygen atoms in total. The van der Waals surface area contributed by atoms with E-state index in [1.165, 1.54) is 11.0 Å². The maximum Gasteiger partial charge on any atom is 0.413 e. The lowest BCUT2D eigenvalue weighted by molar-refractivity contribution is -0.122. The maximum atomic E-state index is 14.0. The minimum Gasteiger partial charge on any atom is -0.449 e. The highest BCUT2D eigenvalue weighted by Crippen LogP contribution is 2.29. The van der Waals surface area contributed by atoms with Gasteiger partial charge in [-0.3, -0.25) is 14.5 Å². The first-order valence-corrected chi connectivity index (χ1v) is 9.37. The molecule has 0 aromatic heterocycles. The molecule has 30 heavy (non-hydrogen) atoms. The van der Waals surface area contributed by atoms with Crippen LogP contribution in [0.2, 0.25) is 0 Å². The third-order valence-corrected chi connectivity index (χ3v) is 4.76. The highest BCUT2D eigenvalue weighted by atomic mass is 19.1. The number of hydrogen-bond acceptors (Lipinski definition) is 4. The number of benzene rings is 2. The van der Waals surface area contributed by atoms with Gasteiger partial charge in [0.1, 0.15) is 11.6 Å². The minimum absolute atomic E-state index is 0.00308. The molecule has 158 valence electrons. The van der Waals surface area contributed by atoms with Gasteiger partial charge in [-0.05, 0) is 43.3 Å². The topological polar surface area (TPSA) is 79.0 Å². The van der Waals surface area contributed by atoms with Gasteiger partial charge >= 0.3 is 6.09 Å². The lowest BCUT2D eigenvalue weighted by Crippen LogP contribution is -2.29. The number of halogens is 2. The van der Waals surface area contributed by atoms with E-state index in [4.69, 9.17) is 4.74 Å². The average molecular weight is 417 g/mol. The van der Waals surface area contributed by atoms with Gasteiger partial charge in [0, 0.05) is 37.5 Å². The van der Waals surface area contributed by atoms with Crippen molar-refractivity contribution in [2.75, 3.05) is 35.3 Å². The van der Waals surface area contributed by atoms with Gasteiger partial charge in [-0.1, -0.05) is 0 Å². The molecule has 1 N–H and O–H groups in total. The van der Waals surface area contributed by atoms with Crippen molar-refractivity contribution in [3.8, 4) is 0 Å².